The second-order valence-corrected chi connectivity index (χ2v) is 2.87. The maximum Gasteiger partial charge on any atom is 0.0725 e. The van der Waals surface area contributed by atoms with Crippen molar-refractivity contribution in [2.45, 2.75) is 25.9 Å². The number of rotatable bonds is 2. The van der Waals surface area contributed by atoms with Gasteiger partial charge in [-0.25, -0.2) is 4.68 Å². The van der Waals surface area contributed by atoms with Crippen molar-refractivity contribution in [1.29, 1.82) is 0 Å². The highest BCUT2D eigenvalue weighted by atomic mass is 15.4. The third kappa shape index (κ3) is 1.14. The fourth-order valence-corrected chi connectivity index (χ4v) is 1.54. The number of hydrogen-bond donors (Lipinski definition) is 1. The highest BCUT2D eigenvalue weighted by molar-refractivity contribution is 5.03. The lowest BCUT2D eigenvalue weighted by molar-refractivity contribution is 0.485. The van der Waals surface area contributed by atoms with E-state index in [9.17, 15) is 0 Å². The Morgan fingerprint density at radius 3 is 3.45 bits per heavy atom. The number of nitrogens with zero attached hydrogens (tertiary/aromatic N) is 3. The molecule has 60 valence electrons. The summed E-state index contributed by atoms with van der Waals surface area (Å²) in [4.78, 5) is 0. The fraction of sp³-hybridized carbons (Fsp3) is 0.714. The van der Waals surface area contributed by atoms with Gasteiger partial charge in [-0.05, 0) is 6.54 Å². The molecule has 2 rings (SSSR count). The first kappa shape index (κ1) is 6.79. The van der Waals surface area contributed by atoms with Crippen molar-refractivity contribution in [3.63, 3.8) is 0 Å². The number of fused-ring (bicyclic) bond motifs is 1. The van der Waals surface area contributed by atoms with E-state index in [1.54, 1.807) is 0 Å². The Balaban J connectivity index is 2.04. The normalized spacial score (nSPS) is 22.1. The molecule has 1 atom stereocenters. The highest BCUT2D eigenvalue weighted by Crippen LogP contribution is 2.11. The molecule has 1 N–H and O–H groups in total. The molecule has 11 heavy (non-hydrogen) atoms. The summed E-state index contributed by atoms with van der Waals surface area (Å²) in [6.45, 7) is 4.13. The van der Waals surface area contributed by atoms with Gasteiger partial charge in [0, 0.05) is 12.5 Å². The summed E-state index contributed by atoms with van der Waals surface area (Å²) in [6, 6.07) is 0.575. The molecule has 0 bridgehead atoms. The Kier molecular flexibility index (Phi) is 1.62. The van der Waals surface area contributed by atoms with Gasteiger partial charge in [0.05, 0.1) is 18.4 Å². The Hall–Kier alpha value is -0.900. The van der Waals surface area contributed by atoms with Crippen LogP contribution in [0.1, 0.15) is 12.6 Å². The summed E-state index contributed by atoms with van der Waals surface area (Å²) in [6.07, 6.45) is 2.91. The zero-order valence-electron chi connectivity index (χ0n) is 6.62. The summed E-state index contributed by atoms with van der Waals surface area (Å²) in [5.41, 5.74) is 1.25. The number of aromatic nitrogens is 3. The van der Waals surface area contributed by atoms with Crippen LogP contribution >= 0.6 is 0 Å². The Bertz CT molecular complexity index is 222. The molecule has 1 aromatic rings. The Morgan fingerprint density at radius 1 is 1.82 bits per heavy atom. The minimum Gasteiger partial charge on any atom is -0.312 e. The lowest BCUT2D eigenvalue weighted by atomic mass is 10.2. The van der Waals surface area contributed by atoms with Gasteiger partial charge in [-0.3, -0.25) is 0 Å². The van der Waals surface area contributed by atoms with Crippen LogP contribution in [0.25, 0.3) is 0 Å². The minimum absolute atomic E-state index is 0.575. The zero-order valence-corrected chi connectivity index (χ0v) is 6.62. The van der Waals surface area contributed by atoms with Crippen LogP contribution in [0.4, 0.5) is 0 Å². The molecule has 1 aromatic heterocycles. The van der Waals surface area contributed by atoms with Gasteiger partial charge < -0.3 is 5.32 Å². The van der Waals surface area contributed by atoms with Gasteiger partial charge in [-0.2, -0.15) is 0 Å². The molecule has 1 aliphatic heterocycles. The van der Waals surface area contributed by atoms with E-state index in [1.807, 2.05) is 10.9 Å². The van der Waals surface area contributed by atoms with E-state index < -0.39 is 0 Å². The van der Waals surface area contributed by atoms with Gasteiger partial charge in [0.15, 0.2) is 0 Å². The predicted molar refractivity (Wildman–Crippen MR) is 41.2 cm³/mol. The van der Waals surface area contributed by atoms with E-state index in [0.717, 1.165) is 19.5 Å². The van der Waals surface area contributed by atoms with Crippen LogP contribution in [0.2, 0.25) is 0 Å². The van der Waals surface area contributed by atoms with E-state index in [0.29, 0.717) is 6.04 Å². The third-order valence-corrected chi connectivity index (χ3v) is 2.04. The topological polar surface area (TPSA) is 42.7 Å². The van der Waals surface area contributed by atoms with Crippen LogP contribution in [0.5, 0.6) is 0 Å². The Morgan fingerprint density at radius 2 is 2.73 bits per heavy atom. The van der Waals surface area contributed by atoms with Crippen molar-refractivity contribution < 1.29 is 0 Å². The van der Waals surface area contributed by atoms with Crippen molar-refractivity contribution in [1.82, 2.24) is 20.3 Å². The van der Waals surface area contributed by atoms with Crippen LogP contribution in [-0.2, 0) is 13.0 Å². The molecule has 2 heterocycles. The maximum absolute atomic E-state index is 3.96. The summed E-state index contributed by atoms with van der Waals surface area (Å²) >= 11 is 0. The molecular weight excluding hydrogens is 140 g/mol. The van der Waals surface area contributed by atoms with E-state index in [1.165, 1.54) is 5.69 Å². The van der Waals surface area contributed by atoms with E-state index in [2.05, 4.69) is 22.6 Å². The molecule has 0 fully saturated rings. The molecule has 0 unspecified atom stereocenters. The van der Waals surface area contributed by atoms with Crippen molar-refractivity contribution in [2.24, 2.45) is 0 Å². The number of nitrogens with one attached hydrogen (secondary N) is 1. The van der Waals surface area contributed by atoms with Crippen molar-refractivity contribution in [3.8, 4) is 0 Å². The summed E-state index contributed by atoms with van der Waals surface area (Å²) in [5, 5.41) is 11.2. The van der Waals surface area contributed by atoms with Gasteiger partial charge >= 0.3 is 0 Å². The lowest BCUT2D eigenvalue weighted by Gasteiger charge is -2.07. The molecule has 0 saturated carbocycles. The van der Waals surface area contributed by atoms with Crippen molar-refractivity contribution >= 4 is 0 Å². The standard InChI is InChI=1S/C7H12N4/c1-2-8-6-3-7-4-9-10-11(7)5-6/h4,6,8H,2-3,5H2,1H3/t6-/m0/s1. The fourth-order valence-electron chi connectivity index (χ4n) is 1.54. The first-order valence-corrected chi connectivity index (χ1v) is 4.01. The zero-order chi connectivity index (χ0) is 7.68. The quantitative estimate of drug-likeness (QED) is 0.639. The molecule has 0 aliphatic carbocycles. The molecule has 1 aliphatic rings. The van der Waals surface area contributed by atoms with Crippen LogP contribution in [-0.4, -0.2) is 27.6 Å². The SMILES string of the molecule is CCN[C@H]1Cc2cnnn2C1. The van der Waals surface area contributed by atoms with Gasteiger partial charge in [-0.1, -0.05) is 12.1 Å². The highest BCUT2D eigenvalue weighted by Gasteiger charge is 2.20. The van der Waals surface area contributed by atoms with Crippen LogP contribution in [0.15, 0.2) is 6.20 Å². The van der Waals surface area contributed by atoms with E-state index >= 15 is 0 Å². The number of hydrogen-bond acceptors (Lipinski definition) is 3. The minimum atomic E-state index is 0.575. The van der Waals surface area contributed by atoms with Crippen LogP contribution in [0, 0.1) is 0 Å². The van der Waals surface area contributed by atoms with Crippen molar-refractivity contribution in [3.05, 3.63) is 11.9 Å². The van der Waals surface area contributed by atoms with Crippen molar-refractivity contribution in [2.75, 3.05) is 6.54 Å². The molecule has 4 nitrogen and oxygen atoms in total. The van der Waals surface area contributed by atoms with Gasteiger partial charge in [0.2, 0.25) is 0 Å². The van der Waals surface area contributed by atoms with Gasteiger partial charge in [0.25, 0.3) is 0 Å². The lowest BCUT2D eigenvalue weighted by Crippen LogP contribution is -2.30. The first-order valence-electron chi connectivity index (χ1n) is 4.01. The maximum atomic E-state index is 3.96. The Labute approximate surface area is 65.6 Å². The second kappa shape index (κ2) is 2.62. The molecule has 0 saturated heterocycles. The average molecular weight is 152 g/mol. The van der Waals surface area contributed by atoms with E-state index in [-0.39, 0.29) is 0 Å². The predicted octanol–water partition coefficient (Wildman–Crippen LogP) is -0.188. The van der Waals surface area contributed by atoms with E-state index in [4.69, 9.17) is 0 Å². The molecule has 0 radical (unpaired) electrons. The summed E-state index contributed by atoms with van der Waals surface area (Å²) < 4.78 is 1.97. The monoisotopic (exact) mass is 152 g/mol. The van der Waals surface area contributed by atoms with Gasteiger partial charge in [0.1, 0.15) is 0 Å². The summed E-state index contributed by atoms with van der Waals surface area (Å²) in [5.74, 6) is 0. The third-order valence-electron chi connectivity index (χ3n) is 2.04. The molecule has 0 aromatic carbocycles. The molecular formula is C7H12N4. The average Bonchev–Trinajstić information content (AvgIpc) is 2.46. The van der Waals surface area contributed by atoms with Crippen LogP contribution < -0.4 is 5.32 Å². The van der Waals surface area contributed by atoms with Gasteiger partial charge in [-0.15, -0.1) is 5.10 Å². The molecule has 0 amide bonds. The first-order chi connectivity index (χ1) is 5.40. The smallest absolute Gasteiger partial charge is 0.0725 e. The number of likely N-dealkylation sites (N-methyl/N-ethyl adjacent to an activating group) is 1. The largest absolute Gasteiger partial charge is 0.312 e. The van der Waals surface area contributed by atoms with Crippen LogP contribution in [0.3, 0.4) is 0 Å². The second-order valence-electron chi connectivity index (χ2n) is 2.87. The summed E-state index contributed by atoms with van der Waals surface area (Å²) in [7, 11) is 0. The molecule has 4 heteroatoms. The molecule has 0 spiro atoms.